The zero-order valence-electron chi connectivity index (χ0n) is 11.1. The third-order valence-corrected chi connectivity index (χ3v) is 2.85. The molecule has 1 aromatic carbocycles. The lowest BCUT2D eigenvalue weighted by molar-refractivity contribution is 0.102. The number of carbonyl (C=O) groups excluding carboxylic acids is 1. The van der Waals surface area contributed by atoms with Crippen molar-refractivity contribution >= 4 is 11.6 Å². The first-order chi connectivity index (χ1) is 8.47. The van der Waals surface area contributed by atoms with Crippen LogP contribution in [0, 0.1) is 27.7 Å². The van der Waals surface area contributed by atoms with Gasteiger partial charge >= 0.3 is 0 Å². The molecule has 0 unspecified atom stereocenters. The Kier molecular flexibility index (Phi) is 3.19. The molecule has 4 heteroatoms. The molecule has 2 rings (SSSR count). The monoisotopic (exact) mass is 243 g/mol. The topological polar surface area (TPSA) is 57.8 Å². The highest BCUT2D eigenvalue weighted by Crippen LogP contribution is 2.22. The second-order valence-corrected chi connectivity index (χ2v) is 4.66. The quantitative estimate of drug-likeness (QED) is 0.852. The molecule has 0 saturated carbocycles. The van der Waals surface area contributed by atoms with Crippen LogP contribution in [0.5, 0.6) is 0 Å². The number of amides is 1. The van der Waals surface area contributed by atoms with Crippen molar-refractivity contribution in [2.75, 3.05) is 5.32 Å². The molecule has 0 atom stereocenters. The van der Waals surface area contributed by atoms with Crippen LogP contribution >= 0.6 is 0 Å². The maximum Gasteiger partial charge on any atom is 0.276 e. The Morgan fingerprint density at radius 1 is 1.11 bits per heavy atom. The Hall–Kier alpha value is -2.10. The number of aromatic nitrogens is 2. The highest BCUT2D eigenvalue weighted by Gasteiger charge is 2.12. The molecule has 0 fully saturated rings. The van der Waals surface area contributed by atoms with E-state index in [1.54, 1.807) is 6.07 Å². The van der Waals surface area contributed by atoms with Gasteiger partial charge in [-0.3, -0.25) is 9.89 Å². The number of hydrogen-bond acceptors (Lipinski definition) is 2. The summed E-state index contributed by atoms with van der Waals surface area (Å²) in [5, 5.41) is 9.63. The number of aromatic amines is 1. The van der Waals surface area contributed by atoms with Crippen LogP contribution in [-0.4, -0.2) is 16.1 Å². The number of nitrogens with zero attached hydrogens (tertiary/aromatic N) is 1. The van der Waals surface area contributed by atoms with Gasteiger partial charge in [0.05, 0.1) is 0 Å². The summed E-state index contributed by atoms with van der Waals surface area (Å²) < 4.78 is 0. The molecular weight excluding hydrogens is 226 g/mol. The van der Waals surface area contributed by atoms with E-state index < -0.39 is 0 Å². The van der Waals surface area contributed by atoms with Crippen molar-refractivity contribution in [3.05, 3.63) is 46.3 Å². The average molecular weight is 243 g/mol. The number of H-pyrrole nitrogens is 1. The zero-order valence-corrected chi connectivity index (χ0v) is 11.1. The maximum atomic E-state index is 12.0. The van der Waals surface area contributed by atoms with Gasteiger partial charge in [-0.1, -0.05) is 17.7 Å². The van der Waals surface area contributed by atoms with Crippen LogP contribution in [0.1, 0.15) is 32.9 Å². The van der Waals surface area contributed by atoms with Crippen molar-refractivity contribution in [2.45, 2.75) is 27.7 Å². The van der Waals surface area contributed by atoms with E-state index in [0.717, 1.165) is 22.5 Å². The van der Waals surface area contributed by atoms with E-state index in [0.29, 0.717) is 5.69 Å². The van der Waals surface area contributed by atoms with Crippen LogP contribution < -0.4 is 5.32 Å². The molecule has 18 heavy (non-hydrogen) atoms. The lowest BCUT2D eigenvalue weighted by Gasteiger charge is -2.11. The van der Waals surface area contributed by atoms with E-state index >= 15 is 0 Å². The van der Waals surface area contributed by atoms with Gasteiger partial charge in [0.25, 0.3) is 5.91 Å². The first-order valence-corrected chi connectivity index (χ1v) is 5.88. The first kappa shape index (κ1) is 12.4. The second kappa shape index (κ2) is 4.64. The molecule has 1 aromatic heterocycles. The molecule has 0 saturated heterocycles. The Morgan fingerprint density at radius 2 is 1.72 bits per heavy atom. The number of rotatable bonds is 2. The van der Waals surface area contributed by atoms with Crippen LogP contribution in [0.4, 0.5) is 5.69 Å². The van der Waals surface area contributed by atoms with Crippen molar-refractivity contribution < 1.29 is 4.79 Å². The molecule has 1 amide bonds. The highest BCUT2D eigenvalue weighted by molar-refractivity contribution is 6.03. The number of nitrogens with one attached hydrogen (secondary N) is 2. The van der Waals surface area contributed by atoms with Crippen LogP contribution in [0.3, 0.4) is 0 Å². The van der Waals surface area contributed by atoms with Crippen LogP contribution in [-0.2, 0) is 0 Å². The van der Waals surface area contributed by atoms with Crippen LogP contribution in [0.2, 0.25) is 0 Å². The summed E-state index contributed by atoms with van der Waals surface area (Å²) >= 11 is 0. The average Bonchev–Trinajstić information content (AvgIpc) is 2.70. The molecule has 2 N–H and O–H groups in total. The van der Waals surface area contributed by atoms with Gasteiger partial charge < -0.3 is 5.32 Å². The molecule has 0 radical (unpaired) electrons. The Morgan fingerprint density at radius 3 is 2.22 bits per heavy atom. The lowest BCUT2D eigenvalue weighted by atomic mass is 10.1. The fraction of sp³-hybridized carbons (Fsp3) is 0.286. The van der Waals surface area contributed by atoms with Gasteiger partial charge in [0.1, 0.15) is 0 Å². The van der Waals surface area contributed by atoms with Gasteiger partial charge in [-0.15, -0.1) is 0 Å². The van der Waals surface area contributed by atoms with Crippen LogP contribution in [0.15, 0.2) is 18.2 Å². The SMILES string of the molecule is Cc1cc(C)c(NC(=O)c2cc(C)[nH]n2)c(C)c1. The summed E-state index contributed by atoms with van der Waals surface area (Å²) in [6.07, 6.45) is 0. The van der Waals surface area contributed by atoms with Gasteiger partial charge in [0.2, 0.25) is 0 Å². The molecule has 0 spiro atoms. The molecule has 4 nitrogen and oxygen atoms in total. The van der Waals surface area contributed by atoms with Crippen molar-refractivity contribution in [3.63, 3.8) is 0 Å². The molecule has 0 aliphatic rings. The zero-order chi connectivity index (χ0) is 13.3. The minimum absolute atomic E-state index is 0.186. The number of aryl methyl sites for hydroxylation is 4. The number of anilines is 1. The van der Waals surface area contributed by atoms with Gasteiger partial charge in [-0.2, -0.15) is 5.10 Å². The molecule has 1 heterocycles. The number of carbonyl (C=O) groups is 1. The Bertz CT molecular complexity index is 576. The standard InChI is InChI=1S/C14H17N3O/c1-8-5-9(2)13(10(3)6-8)15-14(18)12-7-11(4)16-17-12/h5-7H,1-4H3,(H,15,18)(H,16,17). The van der Waals surface area contributed by atoms with Crippen molar-refractivity contribution in [2.24, 2.45) is 0 Å². The predicted octanol–water partition coefficient (Wildman–Crippen LogP) is 2.90. The van der Waals surface area contributed by atoms with E-state index in [9.17, 15) is 4.79 Å². The lowest BCUT2D eigenvalue weighted by Crippen LogP contribution is -2.14. The molecule has 0 bridgehead atoms. The number of benzene rings is 1. The van der Waals surface area contributed by atoms with Gasteiger partial charge in [-0.05, 0) is 44.9 Å². The predicted molar refractivity (Wildman–Crippen MR) is 71.9 cm³/mol. The molecule has 0 aliphatic carbocycles. The summed E-state index contributed by atoms with van der Waals surface area (Å²) in [4.78, 5) is 12.0. The highest BCUT2D eigenvalue weighted by atomic mass is 16.1. The summed E-state index contributed by atoms with van der Waals surface area (Å²) in [5.74, 6) is -0.186. The van der Waals surface area contributed by atoms with Gasteiger partial charge in [0.15, 0.2) is 5.69 Å². The van der Waals surface area contributed by atoms with Gasteiger partial charge in [0, 0.05) is 11.4 Å². The van der Waals surface area contributed by atoms with Crippen molar-refractivity contribution in [3.8, 4) is 0 Å². The smallest absolute Gasteiger partial charge is 0.276 e. The third kappa shape index (κ3) is 2.42. The maximum absolute atomic E-state index is 12.0. The van der Waals surface area contributed by atoms with E-state index in [1.165, 1.54) is 5.56 Å². The largest absolute Gasteiger partial charge is 0.320 e. The number of hydrogen-bond donors (Lipinski definition) is 2. The first-order valence-electron chi connectivity index (χ1n) is 5.88. The molecular formula is C14H17N3O. The van der Waals surface area contributed by atoms with Crippen molar-refractivity contribution in [1.82, 2.24) is 10.2 Å². The summed E-state index contributed by atoms with van der Waals surface area (Å²) in [6.45, 7) is 7.89. The van der Waals surface area contributed by atoms with E-state index in [1.807, 2.05) is 27.7 Å². The van der Waals surface area contributed by atoms with Crippen molar-refractivity contribution in [1.29, 1.82) is 0 Å². The third-order valence-electron chi connectivity index (χ3n) is 2.85. The molecule has 2 aromatic rings. The summed E-state index contributed by atoms with van der Waals surface area (Å²) in [5.41, 5.74) is 5.47. The van der Waals surface area contributed by atoms with Gasteiger partial charge in [-0.25, -0.2) is 0 Å². The summed E-state index contributed by atoms with van der Waals surface area (Å²) in [6, 6.07) is 5.84. The van der Waals surface area contributed by atoms with E-state index in [2.05, 4.69) is 27.6 Å². The van der Waals surface area contributed by atoms with E-state index in [4.69, 9.17) is 0 Å². The minimum atomic E-state index is -0.186. The fourth-order valence-electron chi connectivity index (χ4n) is 2.09. The Balaban J connectivity index is 2.27. The normalized spacial score (nSPS) is 10.4. The molecule has 0 aliphatic heterocycles. The second-order valence-electron chi connectivity index (χ2n) is 4.66. The Labute approximate surface area is 106 Å². The van der Waals surface area contributed by atoms with Crippen LogP contribution in [0.25, 0.3) is 0 Å². The fourth-order valence-corrected chi connectivity index (χ4v) is 2.09. The van der Waals surface area contributed by atoms with E-state index in [-0.39, 0.29) is 5.91 Å². The molecule has 94 valence electrons. The minimum Gasteiger partial charge on any atom is -0.320 e. The summed E-state index contributed by atoms with van der Waals surface area (Å²) in [7, 11) is 0.